The lowest BCUT2D eigenvalue weighted by atomic mass is 10.2. The Morgan fingerprint density at radius 3 is 2.20 bits per heavy atom. The average molecular weight is 289 g/mol. The number of primary amides is 1. The van der Waals surface area contributed by atoms with Crippen LogP contribution in [0.3, 0.4) is 0 Å². The van der Waals surface area contributed by atoms with Gasteiger partial charge in [-0.3, -0.25) is 0 Å². The van der Waals surface area contributed by atoms with E-state index in [4.69, 9.17) is 5.73 Å². The molecule has 0 saturated carbocycles. The number of halogens is 1. The lowest BCUT2D eigenvalue weighted by Gasteiger charge is -2.02. The zero-order chi connectivity index (χ0) is 14.4. The molecule has 0 heterocycles. The molecule has 2 rings (SSSR count). The first kappa shape index (κ1) is 14.1. The molecular weight excluding hydrogens is 277 g/mol. The molecule has 0 aromatic heterocycles. The molecule has 0 unspecified atom stereocenters. The second kappa shape index (κ2) is 6.72. The van der Waals surface area contributed by atoms with Crippen LogP contribution in [-0.4, -0.2) is 12.2 Å². The summed E-state index contributed by atoms with van der Waals surface area (Å²) in [6, 6.07) is 13.2. The van der Waals surface area contributed by atoms with E-state index < -0.39 is 6.03 Å². The second-order valence-corrected chi connectivity index (χ2v) is 5.01. The molecule has 0 fully saturated rings. The third kappa shape index (κ3) is 4.40. The third-order valence-corrected chi connectivity index (χ3v) is 3.33. The lowest BCUT2D eigenvalue weighted by Crippen LogP contribution is -2.24. The summed E-state index contributed by atoms with van der Waals surface area (Å²) in [5.74, 6) is -0.247. The van der Waals surface area contributed by atoms with Gasteiger partial charge in [-0.25, -0.2) is 14.6 Å². The number of benzene rings is 2. The van der Waals surface area contributed by atoms with Gasteiger partial charge < -0.3 is 5.73 Å². The van der Waals surface area contributed by atoms with Gasteiger partial charge in [-0.15, -0.1) is 0 Å². The Labute approximate surface area is 119 Å². The fraction of sp³-hybridized carbons (Fsp3) is 0. The van der Waals surface area contributed by atoms with Crippen LogP contribution in [0.15, 0.2) is 63.4 Å². The Morgan fingerprint density at radius 2 is 1.65 bits per heavy atom. The van der Waals surface area contributed by atoms with Gasteiger partial charge in [0.25, 0.3) is 0 Å². The molecule has 0 aliphatic heterocycles. The summed E-state index contributed by atoms with van der Waals surface area (Å²) in [4.78, 5) is 12.4. The number of carbonyl (C=O) groups excluding carboxylic acids is 1. The van der Waals surface area contributed by atoms with Gasteiger partial charge >= 0.3 is 6.03 Å². The van der Waals surface area contributed by atoms with Crippen molar-refractivity contribution >= 4 is 24.0 Å². The van der Waals surface area contributed by atoms with Crippen molar-refractivity contribution in [3.05, 3.63) is 59.9 Å². The summed E-state index contributed by atoms with van der Waals surface area (Å²) in [5.41, 5.74) is 7.84. The molecule has 2 amide bonds. The summed E-state index contributed by atoms with van der Waals surface area (Å²) in [5, 5.41) is 3.67. The molecule has 0 aliphatic rings. The number of hydrogen-bond donors (Lipinski definition) is 2. The van der Waals surface area contributed by atoms with E-state index in [-0.39, 0.29) is 5.82 Å². The van der Waals surface area contributed by atoms with E-state index in [0.717, 1.165) is 15.4 Å². The maximum Gasteiger partial charge on any atom is 0.332 e. The number of nitrogens with zero attached hydrogens (tertiary/aromatic N) is 1. The molecule has 3 N–H and O–H groups in total. The number of hydrogen-bond acceptors (Lipinski definition) is 3. The van der Waals surface area contributed by atoms with Crippen LogP contribution in [0.4, 0.5) is 9.18 Å². The average Bonchev–Trinajstić information content (AvgIpc) is 2.43. The highest BCUT2D eigenvalue weighted by atomic mass is 32.2. The number of urea groups is 1. The summed E-state index contributed by atoms with van der Waals surface area (Å²) in [6.07, 6.45) is 1.50. The third-order valence-electron chi connectivity index (χ3n) is 2.32. The van der Waals surface area contributed by atoms with E-state index in [1.54, 1.807) is 12.1 Å². The van der Waals surface area contributed by atoms with E-state index in [9.17, 15) is 9.18 Å². The minimum absolute atomic E-state index is 0.247. The van der Waals surface area contributed by atoms with Gasteiger partial charge in [0.2, 0.25) is 0 Å². The Hall–Kier alpha value is -2.34. The zero-order valence-electron chi connectivity index (χ0n) is 10.4. The van der Waals surface area contributed by atoms with Gasteiger partial charge in [-0.05, 0) is 42.0 Å². The van der Waals surface area contributed by atoms with Gasteiger partial charge in [0.1, 0.15) is 5.82 Å². The largest absolute Gasteiger partial charge is 0.350 e. The van der Waals surface area contributed by atoms with Crippen LogP contribution in [0.5, 0.6) is 0 Å². The molecule has 2 aromatic rings. The zero-order valence-corrected chi connectivity index (χ0v) is 11.2. The molecule has 6 heteroatoms. The number of hydrazone groups is 1. The number of nitrogens with two attached hydrogens (primary N) is 1. The SMILES string of the molecule is NC(=O)NN=Cc1ccc(Sc2ccc(F)cc2)cc1. The van der Waals surface area contributed by atoms with E-state index in [0.29, 0.717) is 0 Å². The van der Waals surface area contributed by atoms with Crippen molar-refractivity contribution in [2.24, 2.45) is 10.8 Å². The summed E-state index contributed by atoms with van der Waals surface area (Å²) < 4.78 is 12.8. The Kier molecular flexibility index (Phi) is 4.73. The monoisotopic (exact) mass is 289 g/mol. The summed E-state index contributed by atoms with van der Waals surface area (Å²) in [6.45, 7) is 0. The van der Waals surface area contributed by atoms with Gasteiger partial charge in [0, 0.05) is 9.79 Å². The molecule has 0 spiro atoms. The van der Waals surface area contributed by atoms with Gasteiger partial charge in [0.15, 0.2) is 0 Å². The van der Waals surface area contributed by atoms with Crippen LogP contribution in [-0.2, 0) is 0 Å². The highest BCUT2D eigenvalue weighted by Crippen LogP contribution is 2.27. The first-order valence-electron chi connectivity index (χ1n) is 5.75. The smallest absolute Gasteiger partial charge is 0.332 e. The molecule has 0 atom stereocenters. The molecule has 102 valence electrons. The molecule has 0 bridgehead atoms. The van der Waals surface area contributed by atoms with Crippen LogP contribution in [0.2, 0.25) is 0 Å². The van der Waals surface area contributed by atoms with Gasteiger partial charge in [-0.1, -0.05) is 23.9 Å². The molecule has 2 aromatic carbocycles. The molecule has 4 nitrogen and oxygen atoms in total. The first-order valence-corrected chi connectivity index (χ1v) is 6.57. The van der Waals surface area contributed by atoms with Crippen LogP contribution in [0.25, 0.3) is 0 Å². The van der Waals surface area contributed by atoms with Crippen LogP contribution < -0.4 is 11.2 Å². The van der Waals surface area contributed by atoms with Gasteiger partial charge in [0.05, 0.1) is 6.21 Å². The minimum atomic E-state index is -0.704. The molecular formula is C14H12FN3OS. The second-order valence-electron chi connectivity index (χ2n) is 3.86. The standard InChI is InChI=1S/C14H12FN3OS/c15-11-3-7-13(8-4-11)20-12-5-1-10(2-6-12)9-17-18-14(16)19/h1-9H,(H3,16,18,19). The number of nitrogens with one attached hydrogen (secondary N) is 1. The van der Waals surface area contributed by atoms with Crippen LogP contribution in [0.1, 0.15) is 5.56 Å². The quantitative estimate of drug-likeness (QED) is 0.671. The highest BCUT2D eigenvalue weighted by Gasteiger charge is 1.98. The Balaban J connectivity index is 1.99. The molecule has 0 saturated heterocycles. The first-order chi connectivity index (χ1) is 9.63. The Bertz CT molecular complexity index is 611. The van der Waals surface area contributed by atoms with E-state index in [2.05, 4.69) is 10.5 Å². The van der Waals surface area contributed by atoms with Crippen molar-refractivity contribution in [2.75, 3.05) is 0 Å². The van der Waals surface area contributed by atoms with Crippen LogP contribution >= 0.6 is 11.8 Å². The normalized spacial score (nSPS) is 10.7. The molecule has 0 radical (unpaired) electrons. The van der Waals surface area contributed by atoms with E-state index in [1.807, 2.05) is 24.3 Å². The summed E-state index contributed by atoms with van der Waals surface area (Å²) in [7, 11) is 0. The van der Waals surface area contributed by atoms with Crippen molar-refractivity contribution in [2.45, 2.75) is 9.79 Å². The highest BCUT2D eigenvalue weighted by molar-refractivity contribution is 7.99. The van der Waals surface area contributed by atoms with Gasteiger partial charge in [-0.2, -0.15) is 5.10 Å². The number of rotatable bonds is 4. The number of carbonyl (C=O) groups is 1. The van der Waals surface area contributed by atoms with Crippen molar-refractivity contribution < 1.29 is 9.18 Å². The van der Waals surface area contributed by atoms with Crippen molar-refractivity contribution in [1.29, 1.82) is 0 Å². The van der Waals surface area contributed by atoms with Crippen molar-refractivity contribution in [1.82, 2.24) is 5.43 Å². The van der Waals surface area contributed by atoms with Crippen LogP contribution in [0, 0.1) is 5.82 Å². The van der Waals surface area contributed by atoms with Crippen molar-refractivity contribution in [3.63, 3.8) is 0 Å². The molecule has 20 heavy (non-hydrogen) atoms. The van der Waals surface area contributed by atoms with E-state index in [1.165, 1.54) is 30.1 Å². The fourth-order valence-electron chi connectivity index (χ4n) is 1.43. The predicted molar refractivity (Wildman–Crippen MR) is 77.3 cm³/mol. The predicted octanol–water partition coefficient (Wildman–Crippen LogP) is 2.98. The summed E-state index contributed by atoms with van der Waals surface area (Å²) >= 11 is 1.53. The lowest BCUT2D eigenvalue weighted by molar-refractivity contribution is 0.249. The fourth-order valence-corrected chi connectivity index (χ4v) is 2.25. The minimum Gasteiger partial charge on any atom is -0.350 e. The maximum absolute atomic E-state index is 12.8. The Morgan fingerprint density at radius 1 is 1.10 bits per heavy atom. The molecule has 0 aliphatic carbocycles. The topological polar surface area (TPSA) is 67.5 Å². The number of amides is 2. The van der Waals surface area contributed by atoms with E-state index >= 15 is 0 Å². The maximum atomic E-state index is 12.8. The van der Waals surface area contributed by atoms with Crippen molar-refractivity contribution in [3.8, 4) is 0 Å².